The number of aryl methyl sites for hydroxylation is 1. The molecule has 3 aromatic rings. The van der Waals surface area contributed by atoms with Gasteiger partial charge in [-0.3, -0.25) is 0 Å². The molecule has 0 spiro atoms. The highest BCUT2D eigenvalue weighted by Crippen LogP contribution is 2.22. The molecule has 1 aromatic heterocycles. The van der Waals surface area contributed by atoms with Crippen molar-refractivity contribution in [3.8, 4) is 11.5 Å². The van der Waals surface area contributed by atoms with E-state index in [0.717, 1.165) is 18.0 Å². The first kappa shape index (κ1) is 13.6. The molecule has 3 nitrogen and oxygen atoms in total. The van der Waals surface area contributed by atoms with E-state index in [1.807, 2.05) is 24.3 Å². The van der Waals surface area contributed by atoms with Crippen LogP contribution in [0.5, 0.6) is 11.5 Å². The van der Waals surface area contributed by atoms with Crippen LogP contribution in [0.4, 0.5) is 0 Å². The molecule has 0 saturated carbocycles. The van der Waals surface area contributed by atoms with Crippen LogP contribution in [0.25, 0.3) is 10.9 Å². The summed E-state index contributed by atoms with van der Waals surface area (Å²) in [5.41, 5.74) is 2.45. The number of ether oxygens (including phenoxy) is 2. The molecule has 108 valence electrons. The summed E-state index contributed by atoms with van der Waals surface area (Å²) in [4.78, 5) is 0. The van der Waals surface area contributed by atoms with Crippen LogP contribution in [0.1, 0.15) is 12.6 Å². The second-order valence-electron chi connectivity index (χ2n) is 4.90. The zero-order chi connectivity index (χ0) is 14.7. The smallest absolute Gasteiger partial charge is 0.128 e. The summed E-state index contributed by atoms with van der Waals surface area (Å²) < 4.78 is 13.3. The fourth-order valence-electron chi connectivity index (χ4n) is 2.59. The van der Waals surface area contributed by atoms with Crippen molar-refractivity contribution in [1.29, 1.82) is 0 Å². The van der Waals surface area contributed by atoms with Crippen molar-refractivity contribution >= 4 is 10.9 Å². The highest BCUT2D eigenvalue weighted by Gasteiger charge is 2.07. The maximum atomic E-state index is 5.89. The largest absolute Gasteiger partial charge is 0.497 e. The zero-order valence-electron chi connectivity index (χ0n) is 12.4. The van der Waals surface area contributed by atoms with Gasteiger partial charge in [0.05, 0.1) is 12.8 Å². The third kappa shape index (κ3) is 2.72. The number of nitrogens with zero attached hydrogens (tertiary/aromatic N) is 1. The lowest BCUT2D eigenvalue weighted by Gasteiger charge is -2.10. The van der Waals surface area contributed by atoms with E-state index < -0.39 is 0 Å². The molecule has 0 bridgehead atoms. The van der Waals surface area contributed by atoms with Gasteiger partial charge in [-0.25, -0.2) is 0 Å². The molecule has 3 rings (SSSR count). The Balaban J connectivity index is 1.80. The topological polar surface area (TPSA) is 23.4 Å². The van der Waals surface area contributed by atoms with Crippen LogP contribution in [0, 0.1) is 0 Å². The van der Waals surface area contributed by atoms with Crippen LogP contribution in [-0.2, 0) is 13.2 Å². The predicted molar refractivity (Wildman–Crippen MR) is 84.9 cm³/mol. The van der Waals surface area contributed by atoms with Gasteiger partial charge in [0.1, 0.15) is 18.1 Å². The average molecular weight is 281 g/mol. The summed E-state index contributed by atoms with van der Waals surface area (Å²) in [6.45, 7) is 3.66. The van der Waals surface area contributed by atoms with E-state index in [2.05, 4.69) is 41.8 Å². The maximum absolute atomic E-state index is 5.89. The molecule has 0 atom stereocenters. The first-order chi connectivity index (χ1) is 10.3. The van der Waals surface area contributed by atoms with E-state index in [1.54, 1.807) is 7.11 Å². The van der Waals surface area contributed by atoms with Crippen molar-refractivity contribution in [2.45, 2.75) is 20.1 Å². The van der Waals surface area contributed by atoms with Gasteiger partial charge in [0.15, 0.2) is 0 Å². The van der Waals surface area contributed by atoms with E-state index in [9.17, 15) is 0 Å². The van der Waals surface area contributed by atoms with Gasteiger partial charge in [-0.15, -0.1) is 0 Å². The van der Waals surface area contributed by atoms with E-state index in [1.165, 1.54) is 16.6 Å². The number of methoxy groups -OCH3 is 1. The van der Waals surface area contributed by atoms with Crippen molar-refractivity contribution < 1.29 is 9.47 Å². The minimum atomic E-state index is 0.564. The SMILES string of the molecule is CCn1c(COc2ccc(OC)cc2)cc2ccccc21. The highest BCUT2D eigenvalue weighted by atomic mass is 16.5. The molecular formula is C18H19NO2. The molecule has 0 amide bonds. The van der Waals surface area contributed by atoms with Gasteiger partial charge in [0.2, 0.25) is 0 Å². The summed E-state index contributed by atoms with van der Waals surface area (Å²) in [6.07, 6.45) is 0. The lowest BCUT2D eigenvalue weighted by Crippen LogP contribution is -2.04. The Kier molecular flexibility index (Phi) is 3.82. The standard InChI is InChI=1S/C18H19NO2/c1-3-19-15(12-14-6-4-5-7-18(14)19)13-21-17-10-8-16(20-2)9-11-17/h4-12H,3,13H2,1-2H3. The second kappa shape index (κ2) is 5.92. The lowest BCUT2D eigenvalue weighted by molar-refractivity contribution is 0.295. The zero-order valence-corrected chi connectivity index (χ0v) is 12.4. The molecule has 0 aliphatic rings. The Bertz CT molecular complexity index is 729. The molecule has 3 heteroatoms. The second-order valence-corrected chi connectivity index (χ2v) is 4.90. The fourth-order valence-corrected chi connectivity index (χ4v) is 2.59. The van der Waals surface area contributed by atoms with Crippen LogP contribution in [0.3, 0.4) is 0 Å². The van der Waals surface area contributed by atoms with Gasteiger partial charge in [-0.2, -0.15) is 0 Å². The molecule has 2 aromatic carbocycles. The monoisotopic (exact) mass is 281 g/mol. The van der Waals surface area contributed by atoms with Crippen molar-refractivity contribution in [3.05, 3.63) is 60.3 Å². The molecule has 0 fully saturated rings. The van der Waals surface area contributed by atoms with Crippen LogP contribution in [-0.4, -0.2) is 11.7 Å². The third-order valence-corrected chi connectivity index (χ3v) is 3.66. The summed E-state index contributed by atoms with van der Waals surface area (Å²) >= 11 is 0. The van der Waals surface area contributed by atoms with E-state index in [0.29, 0.717) is 6.61 Å². The summed E-state index contributed by atoms with van der Waals surface area (Å²) in [5, 5.41) is 1.26. The van der Waals surface area contributed by atoms with Gasteiger partial charge >= 0.3 is 0 Å². The number of hydrogen-bond acceptors (Lipinski definition) is 2. The lowest BCUT2D eigenvalue weighted by atomic mass is 10.2. The third-order valence-electron chi connectivity index (χ3n) is 3.66. The van der Waals surface area contributed by atoms with Crippen LogP contribution >= 0.6 is 0 Å². The number of rotatable bonds is 5. The Labute approximate surface area is 124 Å². The predicted octanol–water partition coefficient (Wildman–Crippen LogP) is 4.25. The van der Waals surface area contributed by atoms with E-state index >= 15 is 0 Å². The number of fused-ring (bicyclic) bond motifs is 1. The fraction of sp³-hybridized carbons (Fsp3) is 0.222. The molecule has 0 aliphatic carbocycles. The Hall–Kier alpha value is -2.42. The molecule has 0 unspecified atom stereocenters. The quantitative estimate of drug-likeness (QED) is 0.698. The Morgan fingerprint density at radius 3 is 2.38 bits per heavy atom. The van der Waals surface area contributed by atoms with Crippen LogP contribution in [0.2, 0.25) is 0 Å². The van der Waals surface area contributed by atoms with E-state index in [-0.39, 0.29) is 0 Å². The minimum Gasteiger partial charge on any atom is -0.497 e. The van der Waals surface area contributed by atoms with E-state index in [4.69, 9.17) is 9.47 Å². The molecule has 0 N–H and O–H groups in total. The van der Waals surface area contributed by atoms with Crippen LogP contribution in [0.15, 0.2) is 54.6 Å². The number of para-hydroxylation sites is 1. The van der Waals surface area contributed by atoms with Crippen molar-refractivity contribution in [1.82, 2.24) is 4.57 Å². The first-order valence-corrected chi connectivity index (χ1v) is 7.16. The average Bonchev–Trinajstić information content (AvgIpc) is 2.91. The summed E-state index contributed by atoms with van der Waals surface area (Å²) in [6, 6.07) is 18.3. The molecule has 1 heterocycles. The number of hydrogen-bond donors (Lipinski definition) is 0. The molecule has 0 aliphatic heterocycles. The Morgan fingerprint density at radius 2 is 1.67 bits per heavy atom. The number of benzene rings is 2. The Morgan fingerprint density at radius 1 is 0.952 bits per heavy atom. The molecule has 21 heavy (non-hydrogen) atoms. The first-order valence-electron chi connectivity index (χ1n) is 7.16. The molecular weight excluding hydrogens is 262 g/mol. The van der Waals surface area contributed by atoms with Gasteiger partial charge in [0, 0.05) is 12.1 Å². The van der Waals surface area contributed by atoms with Gasteiger partial charge in [-0.1, -0.05) is 18.2 Å². The summed E-state index contributed by atoms with van der Waals surface area (Å²) in [5.74, 6) is 1.69. The van der Waals surface area contributed by atoms with Gasteiger partial charge in [-0.05, 0) is 48.7 Å². The normalized spacial score (nSPS) is 10.8. The summed E-state index contributed by atoms with van der Waals surface area (Å²) in [7, 11) is 1.66. The maximum Gasteiger partial charge on any atom is 0.128 e. The van der Waals surface area contributed by atoms with Crippen LogP contribution < -0.4 is 9.47 Å². The van der Waals surface area contributed by atoms with Crippen molar-refractivity contribution in [2.75, 3.05) is 7.11 Å². The number of aromatic nitrogens is 1. The van der Waals surface area contributed by atoms with Crippen molar-refractivity contribution in [3.63, 3.8) is 0 Å². The van der Waals surface area contributed by atoms with Gasteiger partial charge in [0.25, 0.3) is 0 Å². The molecule has 0 saturated heterocycles. The highest BCUT2D eigenvalue weighted by molar-refractivity contribution is 5.81. The molecule has 0 radical (unpaired) electrons. The van der Waals surface area contributed by atoms with Crippen molar-refractivity contribution in [2.24, 2.45) is 0 Å². The van der Waals surface area contributed by atoms with Gasteiger partial charge < -0.3 is 14.0 Å². The minimum absolute atomic E-state index is 0.564.